The molecule has 1 heterocycles. The van der Waals surface area contributed by atoms with Crippen LogP contribution in [0.5, 0.6) is 0 Å². The van der Waals surface area contributed by atoms with Crippen LogP contribution in [0, 0.1) is 0 Å². The van der Waals surface area contributed by atoms with Crippen LogP contribution >= 0.6 is 27.3 Å². The van der Waals surface area contributed by atoms with Crippen LogP contribution in [-0.2, 0) is 11.3 Å². The van der Waals surface area contributed by atoms with E-state index in [-0.39, 0.29) is 18.9 Å². The van der Waals surface area contributed by atoms with E-state index >= 15 is 0 Å². The first-order valence-electron chi connectivity index (χ1n) is 13.6. The van der Waals surface area contributed by atoms with Gasteiger partial charge in [-0.1, -0.05) is 65.5 Å². The normalized spacial score (nSPS) is 13.6. The van der Waals surface area contributed by atoms with Gasteiger partial charge in [0.05, 0.1) is 12.1 Å². The van der Waals surface area contributed by atoms with Crippen molar-refractivity contribution in [3.63, 3.8) is 0 Å². The Balaban J connectivity index is 1.34. The second-order valence-corrected chi connectivity index (χ2v) is 11.9. The van der Waals surface area contributed by atoms with E-state index in [0.29, 0.717) is 18.0 Å². The topological polar surface area (TPSA) is 91.3 Å². The van der Waals surface area contributed by atoms with E-state index < -0.39 is 5.97 Å². The fraction of sp³-hybridized carbons (Fsp3) is 0.281. The number of nitrogens with one attached hydrogen (secondary N) is 2. The highest BCUT2D eigenvalue weighted by Crippen LogP contribution is 2.39. The van der Waals surface area contributed by atoms with Crippen LogP contribution in [0.1, 0.15) is 65.9 Å². The highest BCUT2D eigenvalue weighted by atomic mass is 79.9. The monoisotopic (exact) mass is 617 g/mol. The average Bonchev–Trinajstić information content (AvgIpc) is 3.47. The number of benzene rings is 3. The molecule has 1 saturated carbocycles. The lowest BCUT2D eigenvalue weighted by atomic mass is 9.83. The molecule has 206 valence electrons. The van der Waals surface area contributed by atoms with Gasteiger partial charge in [-0.15, -0.1) is 11.3 Å². The molecule has 3 aromatic carbocycles. The van der Waals surface area contributed by atoms with E-state index in [2.05, 4.69) is 62.3 Å². The van der Waals surface area contributed by atoms with Crippen molar-refractivity contribution < 1.29 is 14.7 Å². The first-order valence-corrected chi connectivity index (χ1v) is 15.3. The Bertz CT molecular complexity index is 1460. The predicted molar refractivity (Wildman–Crippen MR) is 165 cm³/mol. The van der Waals surface area contributed by atoms with Crippen molar-refractivity contribution >= 4 is 44.8 Å². The Morgan fingerprint density at radius 1 is 0.975 bits per heavy atom. The van der Waals surface area contributed by atoms with Crippen molar-refractivity contribution in [2.45, 2.75) is 51.0 Å². The second-order valence-electron chi connectivity index (χ2n) is 10.1. The zero-order valence-corrected chi connectivity index (χ0v) is 24.6. The number of anilines is 1. The van der Waals surface area contributed by atoms with E-state index in [0.717, 1.165) is 37.6 Å². The fourth-order valence-electron chi connectivity index (χ4n) is 5.09. The maximum Gasteiger partial charge on any atom is 0.305 e. The molecule has 0 radical (unpaired) electrons. The van der Waals surface area contributed by atoms with Crippen LogP contribution < -0.4 is 10.6 Å². The van der Waals surface area contributed by atoms with Gasteiger partial charge in [-0.2, -0.15) is 0 Å². The molecule has 0 saturated heterocycles. The number of hydrogen-bond acceptors (Lipinski definition) is 5. The van der Waals surface area contributed by atoms with Crippen LogP contribution in [0.3, 0.4) is 0 Å². The van der Waals surface area contributed by atoms with Crippen molar-refractivity contribution in [3.8, 4) is 21.8 Å². The minimum Gasteiger partial charge on any atom is -0.481 e. The molecule has 4 aromatic rings. The third-order valence-electron chi connectivity index (χ3n) is 7.32. The van der Waals surface area contributed by atoms with E-state index in [9.17, 15) is 9.59 Å². The van der Waals surface area contributed by atoms with Gasteiger partial charge in [0.2, 0.25) is 0 Å². The van der Waals surface area contributed by atoms with Gasteiger partial charge < -0.3 is 15.7 Å². The summed E-state index contributed by atoms with van der Waals surface area (Å²) in [7, 11) is 0. The summed E-state index contributed by atoms with van der Waals surface area (Å²) >= 11 is 5.17. The lowest BCUT2D eigenvalue weighted by molar-refractivity contribution is -0.136. The van der Waals surface area contributed by atoms with Gasteiger partial charge in [0.1, 0.15) is 5.01 Å². The number of carboxylic acid groups (broad SMARTS) is 1. The summed E-state index contributed by atoms with van der Waals surface area (Å²) in [6.07, 6.45) is 6.29. The minimum absolute atomic E-state index is 0.0979. The van der Waals surface area contributed by atoms with E-state index in [1.807, 2.05) is 24.3 Å². The first kappa shape index (κ1) is 28.1. The molecule has 0 aliphatic heterocycles. The quantitative estimate of drug-likeness (QED) is 0.167. The summed E-state index contributed by atoms with van der Waals surface area (Å²) in [5.41, 5.74) is 7.15. The van der Waals surface area contributed by atoms with Gasteiger partial charge in [0.25, 0.3) is 5.91 Å². The molecule has 1 fully saturated rings. The largest absolute Gasteiger partial charge is 0.481 e. The van der Waals surface area contributed by atoms with Crippen molar-refractivity contribution in [2.75, 3.05) is 11.9 Å². The van der Waals surface area contributed by atoms with Gasteiger partial charge in [-0.3, -0.25) is 9.59 Å². The van der Waals surface area contributed by atoms with Crippen LogP contribution in [-0.4, -0.2) is 28.5 Å². The number of aliphatic carboxylic acids is 1. The number of halogens is 1. The van der Waals surface area contributed by atoms with Gasteiger partial charge in [0.15, 0.2) is 0 Å². The van der Waals surface area contributed by atoms with E-state index in [1.54, 1.807) is 23.5 Å². The van der Waals surface area contributed by atoms with Gasteiger partial charge in [-0.05, 0) is 66.3 Å². The number of nitrogens with zero attached hydrogens (tertiary/aromatic N) is 1. The molecule has 1 aromatic heterocycles. The van der Waals surface area contributed by atoms with Crippen molar-refractivity contribution in [1.29, 1.82) is 0 Å². The second kappa shape index (κ2) is 13.2. The molecular weight excluding hydrogens is 586 g/mol. The van der Waals surface area contributed by atoms with Crippen molar-refractivity contribution in [3.05, 3.63) is 93.3 Å². The Morgan fingerprint density at radius 2 is 1.73 bits per heavy atom. The number of amides is 1. The number of carbonyl (C=O) groups is 2. The summed E-state index contributed by atoms with van der Waals surface area (Å²) in [5, 5.41) is 18.1. The molecule has 1 aliphatic rings. The highest BCUT2D eigenvalue weighted by molar-refractivity contribution is 9.10. The van der Waals surface area contributed by atoms with Gasteiger partial charge in [-0.25, -0.2) is 4.98 Å². The standard InChI is InChI=1S/C32H32BrN3O3S/c33-26-13-10-23(11-14-26)29-20-40-32(36-29)27-18-25(22-4-2-1-3-5-22)12-15-28(27)35-19-21-6-8-24(9-7-21)31(39)34-17-16-30(37)38/h6-15,18,20,22,35H,1-5,16-17,19H2,(H,34,39)(H,37,38). The Hall–Kier alpha value is -3.49. The van der Waals surface area contributed by atoms with Gasteiger partial charge >= 0.3 is 5.97 Å². The molecule has 0 bridgehead atoms. The maximum atomic E-state index is 12.3. The molecular formula is C32H32BrN3O3S. The number of rotatable bonds is 10. The first-order chi connectivity index (χ1) is 19.5. The highest BCUT2D eigenvalue weighted by Gasteiger charge is 2.19. The SMILES string of the molecule is O=C(O)CCNC(=O)c1ccc(CNc2ccc(C3CCCCC3)cc2-c2nc(-c3ccc(Br)cc3)cs2)cc1. The molecule has 5 rings (SSSR count). The number of hydrogen-bond donors (Lipinski definition) is 3. The zero-order valence-electron chi connectivity index (χ0n) is 22.2. The number of carboxylic acids is 1. The molecule has 0 unspecified atom stereocenters. The molecule has 1 aliphatic carbocycles. The number of aromatic nitrogens is 1. The van der Waals surface area contributed by atoms with Crippen molar-refractivity contribution in [1.82, 2.24) is 10.3 Å². The molecule has 40 heavy (non-hydrogen) atoms. The Kier molecular flexibility index (Phi) is 9.29. The fourth-order valence-corrected chi connectivity index (χ4v) is 6.21. The molecule has 3 N–H and O–H groups in total. The van der Waals surface area contributed by atoms with Crippen molar-refractivity contribution in [2.24, 2.45) is 0 Å². The lowest BCUT2D eigenvalue weighted by Crippen LogP contribution is -2.25. The minimum atomic E-state index is -0.935. The molecule has 1 amide bonds. The van der Waals surface area contributed by atoms with Crippen LogP contribution in [0.15, 0.2) is 76.6 Å². The van der Waals surface area contributed by atoms with Crippen LogP contribution in [0.25, 0.3) is 21.8 Å². The molecule has 8 heteroatoms. The summed E-state index contributed by atoms with van der Waals surface area (Å²) in [6, 6.07) is 22.4. The third kappa shape index (κ3) is 7.17. The third-order valence-corrected chi connectivity index (χ3v) is 8.72. The number of carbonyl (C=O) groups excluding carboxylic acids is 1. The lowest BCUT2D eigenvalue weighted by Gasteiger charge is -2.23. The summed E-state index contributed by atoms with van der Waals surface area (Å²) in [6.45, 7) is 0.707. The average molecular weight is 619 g/mol. The smallest absolute Gasteiger partial charge is 0.305 e. The summed E-state index contributed by atoms with van der Waals surface area (Å²) in [4.78, 5) is 28.0. The molecule has 0 atom stereocenters. The van der Waals surface area contributed by atoms with E-state index in [4.69, 9.17) is 10.1 Å². The molecule has 0 spiro atoms. The van der Waals surface area contributed by atoms with E-state index in [1.165, 1.54) is 37.7 Å². The van der Waals surface area contributed by atoms with Crippen LogP contribution in [0.2, 0.25) is 0 Å². The maximum absolute atomic E-state index is 12.3. The number of thiazole rings is 1. The molecule has 6 nitrogen and oxygen atoms in total. The van der Waals surface area contributed by atoms with Crippen LogP contribution in [0.4, 0.5) is 5.69 Å². The Labute approximate surface area is 247 Å². The summed E-state index contributed by atoms with van der Waals surface area (Å²) in [5.74, 6) is -0.608. The predicted octanol–water partition coefficient (Wildman–Crippen LogP) is 8.10. The summed E-state index contributed by atoms with van der Waals surface area (Å²) < 4.78 is 1.05. The Morgan fingerprint density at radius 3 is 2.45 bits per heavy atom. The zero-order chi connectivity index (χ0) is 27.9. The van der Waals surface area contributed by atoms with Gasteiger partial charge in [0, 0.05) is 45.3 Å².